The molecular formula is C13H17NOS. The number of thioether (sulfide) groups is 1. The van der Waals surface area contributed by atoms with Crippen molar-refractivity contribution in [3.8, 4) is 0 Å². The normalized spacial score (nSPS) is 17.3. The Kier molecular flexibility index (Phi) is 3.99. The fourth-order valence-corrected chi connectivity index (χ4v) is 3.25. The highest BCUT2D eigenvalue weighted by Crippen LogP contribution is 2.33. The molecule has 3 heteroatoms. The average Bonchev–Trinajstić information content (AvgIpc) is 2.31. The SMILES string of the molecule is CC(=O)c1ccc(SC2CCCCC2)cn1. The van der Waals surface area contributed by atoms with Crippen molar-refractivity contribution in [3.63, 3.8) is 0 Å². The molecule has 1 heterocycles. The minimum absolute atomic E-state index is 0.0363. The number of aromatic nitrogens is 1. The highest BCUT2D eigenvalue weighted by Gasteiger charge is 2.14. The maximum Gasteiger partial charge on any atom is 0.178 e. The summed E-state index contributed by atoms with van der Waals surface area (Å²) in [7, 11) is 0. The summed E-state index contributed by atoms with van der Waals surface area (Å²) >= 11 is 1.91. The Morgan fingerprint density at radius 3 is 2.62 bits per heavy atom. The first-order valence-electron chi connectivity index (χ1n) is 5.89. The van der Waals surface area contributed by atoms with Crippen molar-refractivity contribution in [2.75, 3.05) is 0 Å². The van der Waals surface area contributed by atoms with E-state index in [0.717, 1.165) is 5.25 Å². The van der Waals surface area contributed by atoms with E-state index in [1.54, 1.807) is 6.92 Å². The predicted molar refractivity (Wildman–Crippen MR) is 67.0 cm³/mol. The van der Waals surface area contributed by atoms with Crippen LogP contribution in [0.2, 0.25) is 0 Å². The average molecular weight is 235 g/mol. The van der Waals surface area contributed by atoms with Gasteiger partial charge in [0.25, 0.3) is 0 Å². The predicted octanol–water partition coefficient (Wildman–Crippen LogP) is 3.71. The zero-order valence-electron chi connectivity index (χ0n) is 9.61. The van der Waals surface area contributed by atoms with E-state index in [9.17, 15) is 4.79 Å². The maximum absolute atomic E-state index is 11.1. The van der Waals surface area contributed by atoms with Gasteiger partial charge < -0.3 is 0 Å². The number of Topliss-reactive ketones (excluding diaryl/α,β-unsaturated/α-hetero) is 1. The van der Waals surface area contributed by atoms with E-state index in [2.05, 4.69) is 4.98 Å². The molecule has 0 aromatic carbocycles. The van der Waals surface area contributed by atoms with E-state index in [4.69, 9.17) is 0 Å². The molecule has 0 amide bonds. The molecule has 0 aliphatic heterocycles. The van der Waals surface area contributed by atoms with Gasteiger partial charge >= 0.3 is 0 Å². The standard InChI is InChI=1S/C13H17NOS/c1-10(15)13-8-7-12(9-14-13)16-11-5-3-2-4-6-11/h7-9,11H,2-6H2,1H3. The molecule has 0 bridgehead atoms. The lowest BCUT2D eigenvalue weighted by molar-refractivity contribution is 0.101. The Bertz CT molecular complexity index is 355. The van der Waals surface area contributed by atoms with Crippen LogP contribution in [0.3, 0.4) is 0 Å². The molecule has 0 unspecified atom stereocenters. The summed E-state index contributed by atoms with van der Waals surface area (Å²) in [5.41, 5.74) is 0.563. The first-order valence-corrected chi connectivity index (χ1v) is 6.77. The second-order valence-corrected chi connectivity index (χ2v) is 5.69. The fourth-order valence-electron chi connectivity index (χ4n) is 2.03. The Balaban J connectivity index is 1.96. The van der Waals surface area contributed by atoms with Crippen LogP contribution >= 0.6 is 11.8 Å². The van der Waals surface area contributed by atoms with Crippen molar-refractivity contribution in [2.45, 2.75) is 49.2 Å². The zero-order chi connectivity index (χ0) is 11.4. The minimum atomic E-state index is 0.0363. The third-order valence-electron chi connectivity index (χ3n) is 2.95. The summed E-state index contributed by atoms with van der Waals surface area (Å²) in [6.45, 7) is 1.55. The topological polar surface area (TPSA) is 30.0 Å². The number of carbonyl (C=O) groups is 1. The molecule has 1 saturated carbocycles. The lowest BCUT2D eigenvalue weighted by Crippen LogP contribution is -2.07. The van der Waals surface area contributed by atoms with Gasteiger partial charge in [0.2, 0.25) is 0 Å². The Labute approximate surface area is 101 Å². The Morgan fingerprint density at radius 1 is 1.31 bits per heavy atom. The third kappa shape index (κ3) is 3.08. The Hall–Kier alpha value is -0.830. The lowest BCUT2D eigenvalue weighted by atomic mass is 10.0. The molecule has 1 aliphatic carbocycles. The van der Waals surface area contributed by atoms with Gasteiger partial charge in [-0.3, -0.25) is 9.78 Å². The van der Waals surface area contributed by atoms with Crippen molar-refractivity contribution < 1.29 is 4.79 Å². The van der Waals surface area contributed by atoms with Gasteiger partial charge in [-0.2, -0.15) is 0 Å². The van der Waals surface area contributed by atoms with E-state index < -0.39 is 0 Å². The summed E-state index contributed by atoms with van der Waals surface area (Å²) in [6, 6.07) is 3.84. The second-order valence-electron chi connectivity index (χ2n) is 4.31. The van der Waals surface area contributed by atoms with Gasteiger partial charge in [-0.25, -0.2) is 0 Å². The second kappa shape index (κ2) is 5.48. The van der Waals surface area contributed by atoms with Crippen molar-refractivity contribution >= 4 is 17.5 Å². The van der Waals surface area contributed by atoms with Gasteiger partial charge in [-0.1, -0.05) is 19.3 Å². The van der Waals surface area contributed by atoms with Crippen LogP contribution in [-0.2, 0) is 0 Å². The van der Waals surface area contributed by atoms with Crippen LogP contribution in [0.5, 0.6) is 0 Å². The molecule has 0 radical (unpaired) electrons. The minimum Gasteiger partial charge on any atom is -0.293 e. The van der Waals surface area contributed by atoms with Gasteiger partial charge in [-0.15, -0.1) is 11.8 Å². The van der Waals surface area contributed by atoms with Crippen LogP contribution < -0.4 is 0 Å². The van der Waals surface area contributed by atoms with E-state index in [1.165, 1.54) is 37.0 Å². The van der Waals surface area contributed by atoms with Gasteiger partial charge in [0.15, 0.2) is 5.78 Å². The van der Waals surface area contributed by atoms with Crippen LogP contribution in [0.4, 0.5) is 0 Å². The zero-order valence-corrected chi connectivity index (χ0v) is 10.4. The van der Waals surface area contributed by atoms with Crippen LogP contribution in [0.15, 0.2) is 23.2 Å². The molecule has 1 aromatic heterocycles. The number of hydrogen-bond acceptors (Lipinski definition) is 3. The van der Waals surface area contributed by atoms with Gasteiger partial charge in [-0.05, 0) is 25.0 Å². The molecule has 1 fully saturated rings. The lowest BCUT2D eigenvalue weighted by Gasteiger charge is -2.20. The van der Waals surface area contributed by atoms with Crippen LogP contribution in [0.1, 0.15) is 49.5 Å². The Morgan fingerprint density at radius 2 is 2.06 bits per heavy atom. The molecule has 2 rings (SSSR count). The maximum atomic E-state index is 11.1. The quantitative estimate of drug-likeness (QED) is 0.748. The molecule has 1 aliphatic rings. The molecular weight excluding hydrogens is 218 g/mol. The monoisotopic (exact) mass is 235 g/mol. The number of hydrogen-bond donors (Lipinski definition) is 0. The molecule has 2 nitrogen and oxygen atoms in total. The summed E-state index contributed by atoms with van der Waals surface area (Å²) in [4.78, 5) is 16.4. The fraction of sp³-hybridized carbons (Fsp3) is 0.538. The van der Waals surface area contributed by atoms with Crippen LogP contribution in [0.25, 0.3) is 0 Å². The summed E-state index contributed by atoms with van der Waals surface area (Å²) in [6.07, 6.45) is 8.57. The number of rotatable bonds is 3. The van der Waals surface area contributed by atoms with Gasteiger partial charge in [0.1, 0.15) is 5.69 Å². The summed E-state index contributed by atoms with van der Waals surface area (Å²) in [5.74, 6) is 0.0363. The van der Waals surface area contributed by atoms with Crippen molar-refractivity contribution in [1.29, 1.82) is 0 Å². The highest BCUT2D eigenvalue weighted by molar-refractivity contribution is 8.00. The summed E-state index contributed by atoms with van der Waals surface area (Å²) < 4.78 is 0. The van der Waals surface area contributed by atoms with Crippen LogP contribution in [-0.4, -0.2) is 16.0 Å². The molecule has 0 N–H and O–H groups in total. The van der Waals surface area contributed by atoms with E-state index in [1.807, 2.05) is 30.1 Å². The van der Waals surface area contributed by atoms with Crippen molar-refractivity contribution in [3.05, 3.63) is 24.0 Å². The third-order valence-corrected chi connectivity index (χ3v) is 4.27. The van der Waals surface area contributed by atoms with Gasteiger partial charge in [0.05, 0.1) is 0 Å². The molecule has 86 valence electrons. The first kappa shape index (κ1) is 11.6. The molecule has 0 saturated heterocycles. The number of pyridine rings is 1. The van der Waals surface area contributed by atoms with E-state index in [0.29, 0.717) is 5.69 Å². The van der Waals surface area contributed by atoms with Gasteiger partial charge in [0, 0.05) is 23.3 Å². The molecule has 0 atom stereocenters. The van der Waals surface area contributed by atoms with E-state index in [-0.39, 0.29) is 5.78 Å². The van der Waals surface area contributed by atoms with Crippen molar-refractivity contribution in [2.24, 2.45) is 0 Å². The largest absolute Gasteiger partial charge is 0.293 e. The molecule has 16 heavy (non-hydrogen) atoms. The van der Waals surface area contributed by atoms with Crippen molar-refractivity contribution in [1.82, 2.24) is 4.98 Å². The highest BCUT2D eigenvalue weighted by atomic mass is 32.2. The number of ketones is 1. The van der Waals surface area contributed by atoms with E-state index >= 15 is 0 Å². The van der Waals surface area contributed by atoms with Crippen LogP contribution in [0, 0.1) is 0 Å². The molecule has 0 spiro atoms. The number of carbonyl (C=O) groups excluding carboxylic acids is 1. The summed E-state index contributed by atoms with van der Waals surface area (Å²) in [5, 5.41) is 0.749. The smallest absolute Gasteiger partial charge is 0.178 e. The number of nitrogens with zero attached hydrogens (tertiary/aromatic N) is 1. The molecule has 1 aromatic rings. The first-order chi connectivity index (χ1) is 7.75.